The third-order valence-electron chi connectivity index (χ3n) is 2.79. The Kier molecular flexibility index (Phi) is 3.74. The van der Waals surface area contributed by atoms with Crippen LogP contribution >= 0.6 is 0 Å². The van der Waals surface area contributed by atoms with Crippen LogP contribution in [-0.2, 0) is 4.74 Å². The van der Waals surface area contributed by atoms with Crippen molar-refractivity contribution in [3.63, 3.8) is 0 Å². The molecule has 0 saturated heterocycles. The Bertz CT molecular complexity index is 154. The molecule has 1 fully saturated rings. The number of hydrogen-bond acceptors (Lipinski definition) is 2. The number of ether oxygens (including phenoxy) is 1. The van der Waals surface area contributed by atoms with Gasteiger partial charge in [-0.1, -0.05) is 20.8 Å². The first-order valence-corrected chi connectivity index (χ1v) is 5.26. The van der Waals surface area contributed by atoms with Crippen molar-refractivity contribution in [2.75, 3.05) is 13.2 Å². The monoisotopic (exact) mass is 186 g/mol. The van der Waals surface area contributed by atoms with Crippen molar-refractivity contribution >= 4 is 0 Å². The van der Waals surface area contributed by atoms with E-state index in [1.54, 1.807) is 0 Å². The quantitative estimate of drug-likeness (QED) is 0.732. The molecule has 1 aliphatic rings. The molecule has 0 heterocycles. The highest BCUT2D eigenvalue weighted by molar-refractivity contribution is 4.83. The fourth-order valence-electron chi connectivity index (χ4n) is 2.60. The van der Waals surface area contributed by atoms with Crippen LogP contribution in [-0.4, -0.2) is 24.4 Å². The predicted molar refractivity (Wildman–Crippen MR) is 53.6 cm³/mol. The maximum Gasteiger partial charge on any atom is 0.0701 e. The zero-order valence-corrected chi connectivity index (χ0v) is 9.05. The van der Waals surface area contributed by atoms with Gasteiger partial charge in [-0.05, 0) is 30.6 Å². The van der Waals surface area contributed by atoms with Crippen LogP contribution in [0.25, 0.3) is 0 Å². The van der Waals surface area contributed by atoms with Crippen LogP contribution in [0.3, 0.4) is 0 Å². The fourth-order valence-corrected chi connectivity index (χ4v) is 2.60. The Balaban J connectivity index is 2.38. The first kappa shape index (κ1) is 11.0. The molecule has 1 saturated carbocycles. The molecule has 1 rings (SSSR count). The summed E-state index contributed by atoms with van der Waals surface area (Å²) < 4.78 is 5.59. The largest absolute Gasteiger partial charge is 0.394 e. The second-order valence-corrected chi connectivity index (χ2v) is 5.13. The first-order chi connectivity index (χ1) is 6.03. The standard InChI is InChI=1S/C11H22O2/c1-9-6-10(13-5-4-12)8-11(2,3)7-9/h9-10,12H,4-8H2,1-3H3/t9-,10+/m1/s1. The second-order valence-electron chi connectivity index (χ2n) is 5.13. The van der Waals surface area contributed by atoms with Gasteiger partial charge in [-0.3, -0.25) is 0 Å². The van der Waals surface area contributed by atoms with Crippen LogP contribution in [0, 0.1) is 11.3 Å². The van der Waals surface area contributed by atoms with Gasteiger partial charge in [0.25, 0.3) is 0 Å². The summed E-state index contributed by atoms with van der Waals surface area (Å²) in [6, 6.07) is 0. The van der Waals surface area contributed by atoms with E-state index in [4.69, 9.17) is 9.84 Å². The Morgan fingerprint density at radius 2 is 2.08 bits per heavy atom. The van der Waals surface area contributed by atoms with Crippen molar-refractivity contribution in [2.45, 2.75) is 46.1 Å². The minimum atomic E-state index is 0.144. The molecule has 0 aromatic heterocycles. The Morgan fingerprint density at radius 3 is 2.62 bits per heavy atom. The van der Waals surface area contributed by atoms with E-state index in [0.29, 0.717) is 18.1 Å². The summed E-state index contributed by atoms with van der Waals surface area (Å²) >= 11 is 0. The zero-order valence-electron chi connectivity index (χ0n) is 9.05. The third kappa shape index (κ3) is 3.65. The summed E-state index contributed by atoms with van der Waals surface area (Å²) in [5.41, 5.74) is 0.414. The molecule has 78 valence electrons. The van der Waals surface area contributed by atoms with Crippen molar-refractivity contribution in [1.82, 2.24) is 0 Å². The van der Waals surface area contributed by atoms with E-state index in [1.807, 2.05) is 0 Å². The van der Waals surface area contributed by atoms with E-state index >= 15 is 0 Å². The van der Waals surface area contributed by atoms with Crippen molar-refractivity contribution in [3.05, 3.63) is 0 Å². The Morgan fingerprint density at radius 1 is 1.38 bits per heavy atom. The molecule has 0 bridgehead atoms. The molecule has 13 heavy (non-hydrogen) atoms. The minimum absolute atomic E-state index is 0.144. The van der Waals surface area contributed by atoms with Gasteiger partial charge in [-0.2, -0.15) is 0 Å². The minimum Gasteiger partial charge on any atom is -0.394 e. The van der Waals surface area contributed by atoms with Gasteiger partial charge in [0.1, 0.15) is 0 Å². The number of aliphatic hydroxyl groups is 1. The van der Waals surface area contributed by atoms with E-state index in [9.17, 15) is 0 Å². The van der Waals surface area contributed by atoms with Gasteiger partial charge in [-0.15, -0.1) is 0 Å². The smallest absolute Gasteiger partial charge is 0.0701 e. The number of rotatable bonds is 3. The van der Waals surface area contributed by atoms with E-state index in [0.717, 1.165) is 18.8 Å². The molecule has 2 heteroatoms. The molecule has 0 unspecified atom stereocenters. The summed E-state index contributed by atoms with van der Waals surface area (Å²) in [7, 11) is 0. The van der Waals surface area contributed by atoms with Gasteiger partial charge < -0.3 is 9.84 Å². The number of aliphatic hydroxyl groups excluding tert-OH is 1. The number of hydrogen-bond donors (Lipinski definition) is 1. The molecule has 1 aliphatic carbocycles. The lowest BCUT2D eigenvalue weighted by Gasteiger charge is -2.38. The molecule has 1 N–H and O–H groups in total. The lowest BCUT2D eigenvalue weighted by molar-refractivity contribution is -0.0342. The third-order valence-corrected chi connectivity index (χ3v) is 2.79. The van der Waals surface area contributed by atoms with Gasteiger partial charge >= 0.3 is 0 Å². The molecule has 0 aromatic carbocycles. The zero-order chi connectivity index (χ0) is 9.90. The summed E-state index contributed by atoms with van der Waals surface area (Å²) in [4.78, 5) is 0. The van der Waals surface area contributed by atoms with Crippen molar-refractivity contribution < 1.29 is 9.84 Å². The van der Waals surface area contributed by atoms with E-state index < -0.39 is 0 Å². The maximum atomic E-state index is 8.67. The lowest BCUT2D eigenvalue weighted by atomic mass is 9.71. The van der Waals surface area contributed by atoms with Crippen LogP contribution in [0.15, 0.2) is 0 Å². The predicted octanol–water partition coefficient (Wildman–Crippen LogP) is 2.21. The van der Waals surface area contributed by atoms with Gasteiger partial charge in [0.2, 0.25) is 0 Å². The molecule has 2 nitrogen and oxygen atoms in total. The van der Waals surface area contributed by atoms with Crippen LogP contribution in [0.1, 0.15) is 40.0 Å². The SMILES string of the molecule is C[C@@H]1C[C@H](OCCO)CC(C)(C)C1. The van der Waals surface area contributed by atoms with Crippen molar-refractivity contribution in [1.29, 1.82) is 0 Å². The van der Waals surface area contributed by atoms with Crippen LogP contribution in [0.4, 0.5) is 0 Å². The lowest BCUT2D eigenvalue weighted by Crippen LogP contribution is -2.33. The highest BCUT2D eigenvalue weighted by Crippen LogP contribution is 2.39. The molecule has 0 radical (unpaired) electrons. The molecular weight excluding hydrogens is 164 g/mol. The van der Waals surface area contributed by atoms with Crippen LogP contribution < -0.4 is 0 Å². The van der Waals surface area contributed by atoms with Crippen molar-refractivity contribution in [3.8, 4) is 0 Å². The highest BCUT2D eigenvalue weighted by atomic mass is 16.5. The average Bonchev–Trinajstić information content (AvgIpc) is 1.97. The summed E-state index contributed by atoms with van der Waals surface area (Å²) in [5.74, 6) is 0.757. The van der Waals surface area contributed by atoms with Crippen LogP contribution in [0.5, 0.6) is 0 Å². The molecular formula is C11H22O2. The van der Waals surface area contributed by atoms with Gasteiger partial charge in [0.05, 0.1) is 19.3 Å². The molecule has 0 spiro atoms. The van der Waals surface area contributed by atoms with E-state index in [-0.39, 0.29) is 6.61 Å². The molecule has 0 aliphatic heterocycles. The second kappa shape index (κ2) is 4.43. The average molecular weight is 186 g/mol. The van der Waals surface area contributed by atoms with E-state index in [1.165, 1.54) is 6.42 Å². The molecule has 0 aromatic rings. The highest BCUT2D eigenvalue weighted by Gasteiger charge is 2.32. The summed E-state index contributed by atoms with van der Waals surface area (Å²) in [5, 5.41) is 8.67. The van der Waals surface area contributed by atoms with Crippen LogP contribution in [0.2, 0.25) is 0 Å². The van der Waals surface area contributed by atoms with Crippen molar-refractivity contribution in [2.24, 2.45) is 11.3 Å². The van der Waals surface area contributed by atoms with Gasteiger partial charge in [0, 0.05) is 0 Å². The topological polar surface area (TPSA) is 29.5 Å². The fraction of sp³-hybridized carbons (Fsp3) is 1.00. The first-order valence-electron chi connectivity index (χ1n) is 5.26. The maximum absolute atomic E-state index is 8.67. The van der Waals surface area contributed by atoms with Gasteiger partial charge in [-0.25, -0.2) is 0 Å². The normalized spacial score (nSPS) is 33.2. The molecule has 0 amide bonds. The molecule has 2 atom stereocenters. The summed E-state index contributed by atoms with van der Waals surface area (Å²) in [6.45, 7) is 7.53. The Labute approximate surface area is 81.3 Å². The Hall–Kier alpha value is -0.0800. The van der Waals surface area contributed by atoms with E-state index in [2.05, 4.69) is 20.8 Å². The summed E-state index contributed by atoms with van der Waals surface area (Å²) in [6.07, 6.45) is 3.96. The van der Waals surface area contributed by atoms with Gasteiger partial charge in [0.15, 0.2) is 0 Å².